The molecule has 0 radical (unpaired) electrons. The van der Waals surface area contributed by atoms with E-state index < -0.39 is 0 Å². The zero-order chi connectivity index (χ0) is 12.0. The summed E-state index contributed by atoms with van der Waals surface area (Å²) in [5, 5.41) is 15.3. The van der Waals surface area contributed by atoms with E-state index in [2.05, 4.69) is 10.2 Å². The maximum Gasteiger partial charge on any atom is 0.162 e. The molecule has 0 aliphatic rings. The minimum Gasteiger partial charge on any atom is -0.384 e. The average Bonchev–Trinajstić information content (AvgIpc) is 2.30. The third-order valence-corrected chi connectivity index (χ3v) is 2.24. The van der Waals surface area contributed by atoms with Crippen LogP contribution in [0.25, 0.3) is 0 Å². The molecule has 6 heteroatoms. The number of aromatic nitrogens is 2. The van der Waals surface area contributed by atoms with E-state index in [9.17, 15) is 0 Å². The van der Waals surface area contributed by atoms with Gasteiger partial charge in [-0.3, -0.25) is 5.41 Å². The molecule has 3 N–H and O–H groups in total. The SMILES string of the molecule is CCN(CCOC)c1nnccc1C(=N)N. The molecule has 0 spiro atoms. The Morgan fingerprint density at radius 1 is 1.62 bits per heavy atom. The molecule has 1 heterocycles. The third kappa shape index (κ3) is 2.90. The molecule has 0 amide bonds. The van der Waals surface area contributed by atoms with Crippen molar-refractivity contribution in [3.05, 3.63) is 17.8 Å². The third-order valence-electron chi connectivity index (χ3n) is 2.24. The van der Waals surface area contributed by atoms with E-state index in [1.807, 2.05) is 11.8 Å². The highest BCUT2D eigenvalue weighted by Crippen LogP contribution is 2.14. The lowest BCUT2D eigenvalue weighted by molar-refractivity contribution is 0.205. The van der Waals surface area contributed by atoms with Crippen LogP contribution in [0.3, 0.4) is 0 Å². The summed E-state index contributed by atoms with van der Waals surface area (Å²) >= 11 is 0. The Balaban J connectivity index is 2.94. The van der Waals surface area contributed by atoms with Crippen LogP contribution in [0.15, 0.2) is 12.3 Å². The fourth-order valence-corrected chi connectivity index (χ4v) is 1.38. The van der Waals surface area contributed by atoms with Crippen LogP contribution >= 0.6 is 0 Å². The highest BCUT2D eigenvalue weighted by Gasteiger charge is 2.13. The number of nitrogens with two attached hydrogens (primary N) is 1. The van der Waals surface area contributed by atoms with Crippen molar-refractivity contribution in [3.8, 4) is 0 Å². The van der Waals surface area contributed by atoms with Gasteiger partial charge in [0.05, 0.1) is 18.4 Å². The van der Waals surface area contributed by atoms with Gasteiger partial charge in [0.1, 0.15) is 5.84 Å². The number of anilines is 1. The molecule has 0 aliphatic heterocycles. The summed E-state index contributed by atoms with van der Waals surface area (Å²) < 4.78 is 5.02. The van der Waals surface area contributed by atoms with Gasteiger partial charge in [-0.25, -0.2) is 0 Å². The van der Waals surface area contributed by atoms with Gasteiger partial charge in [-0.15, -0.1) is 5.10 Å². The molecule has 0 aromatic carbocycles. The maximum absolute atomic E-state index is 7.47. The van der Waals surface area contributed by atoms with Crippen LogP contribution in [-0.4, -0.2) is 42.8 Å². The first-order valence-electron chi connectivity index (χ1n) is 5.10. The van der Waals surface area contributed by atoms with Gasteiger partial charge in [-0.2, -0.15) is 5.10 Å². The van der Waals surface area contributed by atoms with Gasteiger partial charge in [-0.1, -0.05) is 0 Å². The standard InChI is InChI=1S/C10H17N5O/c1-3-15(6-7-16-2)10-8(9(11)12)4-5-13-14-10/h4-5H,3,6-7H2,1-2H3,(H3,11,12). The molecule has 0 aliphatic carbocycles. The van der Waals surface area contributed by atoms with Gasteiger partial charge >= 0.3 is 0 Å². The molecule has 6 nitrogen and oxygen atoms in total. The zero-order valence-electron chi connectivity index (χ0n) is 9.60. The van der Waals surface area contributed by atoms with E-state index in [1.165, 1.54) is 6.20 Å². The Labute approximate surface area is 94.9 Å². The van der Waals surface area contributed by atoms with E-state index in [-0.39, 0.29) is 5.84 Å². The topological polar surface area (TPSA) is 88.1 Å². The first-order valence-corrected chi connectivity index (χ1v) is 5.10. The molecule has 0 saturated heterocycles. The first-order chi connectivity index (χ1) is 7.70. The van der Waals surface area contributed by atoms with Gasteiger partial charge in [0.25, 0.3) is 0 Å². The molecule has 88 valence electrons. The van der Waals surface area contributed by atoms with Gasteiger partial charge in [0.15, 0.2) is 5.82 Å². The summed E-state index contributed by atoms with van der Waals surface area (Å²) in [7, 11) is 1.65. The van der Waals surface area contributed by atoms with Crippen LogP contribution < -0.4 is 10.6 Å². The summed E-state index contributed by atoms with van der Waals surface area (Å²) in [4.78, 5) is 1.98. The van der Waals surface area contributed by atoms with Crippen molar-refractivity contribution in [3.63, 3.8) is 0 Å². The monoisotopic (exact) mass is 223 g/mol. The fourth-order valence-electron chi connectivity index (χ4n) is 1.38. The van der Waals surface area contributed by atoms with Crippen LogP contribution in [0.4, 0.5) is 5.82 Å². The molecule has 0 fully saturated rings. The number of methoxy groups -OCH3 is 1. The molecule has 1 aromatic heterocycles. The van der Waals surface area contributed by atoms with Crippen LogP contribution in [-0.2, 0) is 4.74 Å². The average molecular weight is 223 g/mol. The van der Waals surface area contributed by atoms with Crippen LogP contribution in [0.2, 0.25) is 0 Å². The second-order valence-electron chi connectivity index (χ2n) is 3.25. The quantitative estimate of drug-likeness (QED) is 0.532. The van der Waals surface area contributed by atoms with Gasteiger partial charge in [0, 0.05) is 20.2 Å². The number of hydrogen-bond donors (Lipinski definition) is 2. The largest absolute Gasteiger partial charge is 0.384 e. The second kappa shape index (κ2) is 6.02. The lowest BCUT2D eigenvalue weighted by atomic mass is 10.2. The Hall–Kier alpha value is -1.69. The van der Waals surface area contributed by atoms with E-state index in [1.54, 1.807) is 13.2 Å². The van der Waals surface area contributed by atoms with Crippen LogP contribution in [0.1, 0.15) is 12.5 Å². The van der Waals surface area contributed by atoms with E-state index >= 15 is 0 Å². The molecular formula is C10H17N5O. The van der Waals surface area contributed by atoms with Crippen molar-refractivity contribution in [1.82, 2.24) is 10.2 Å². The number of nitrogens with zero attached hydrogens (tertiary/aromatic N) is 3. The number of nitrogen functional groups attached to an aromatic ring is 1. The fraction of sp³-hybridized carbons (Fsp3) is 0.500. The Morgan fingerprint density at radius 3 is 2.94 bits per heavy atom. The van der Waals surface area contributed by atoms with E-state index in [4.69, 9.17) is 15.9 Å². The van der Waals surface area contributed by atoms with Gasteiger partial charge < -0.3 is 15.4 Å². The van der Waals surface area contributed by atoms with Crippen molar-refractivity contribution in [2.75, 3.05) is 31.7 Å². The summed E-state index contributed by atoms with van der Waals surface area (Å²) in [5.74, 6) is 0.635. The minimum absolute atomic E-state index is 0.000710. The maximum atomic E-state index is 7.47. The number of nitrogens with one attached hydrogen (secondary N) is 1. The predicted octanol–water partition coefficient (Wildman–Crippen LogP) is 0.233. The molecule has 0 unspecified atom stereocenters. The Morgan fingerprint density at radius 2 is 2.38 bits per heavy atom. The summed E-state index contributed by atoms with van der Waals surface area (Å²) in [6.07, 6.45) is 1.53. The summed E-state index contributed by atoms with van der Waals surface area (Å²) in [5.41, 5.74) is 6.10. The van der Waals surface area contributed by atoms with Gasteiger partial charge in [-0.05, 0) is 13.0 Å². The highest BCUT2D eigenvalue weighted by atomic mass is 16.5. The Kier molecular flexibility index (Phi) is 4.65. The van der Waals surface area contributed by atoms with E-state index in [0.29, 0.717) is 24.5 Å². The van der Waals surface area contributed by atoms with Crippen molar-refractivity contribution < 1.29 is 4.74 Å². The molecule has 0 bridgehead atoms. The highest BCUT2D eigenvalue weighted by molar-refractivity contribution is 5.99. The minimum atomic E-state index is 0.000710. The van der Waals surface area contributed by atoms with Crippen molar-refractivity contribution in [2.45, 2.75) is 6.92 Å². The number of hydrogen-bond acceptors (Lipinski definition) is 5. The van der Waals surface area contributed by atoms with Crippen LogP contribution in [0, 0.1) is 5.41 Å². The summed E-state index contributed by atoms with van der Waals surface area (Å²) in [6, 6.07) is 1.69. The smallest absolute Gasteiger partial charge is 0.162 e. The number of ether oxygens (including phenoxy) is 1. The van der Waals surface area contributed by atoms with E-state index in [0.717, 1.165) is 6.54 Å². The molecular weight excluding hydrogens is 206 g/mol. The predicted molar refractivity (Wildman–Crippen MR) is 62.8 cm³/mol. The second-order valence-corrected chi connectivity index (χ2v) is 3.25. The zero-order valence-corrected chi connectivity index (χ0v) is 9.60. The Bertz CT molecular complexity index is 355. The normalized spacial score (nSPS) is 10.1. The molecule has 1 rings (SSSR count). The molecule has 0 saturated carbocycles. The number of rotatable bonds is 6. The lowest BCUT2D eigenvalue weighted by Gasteiger charge is -2.22. The van der Waals surface area contributed by atoms with Crippen molar-refractivity contribution in [2.24, 2.45) is 5.73 Å². The molecule has 1 aromatic rings. The van der Waals surface area contributed by atoms with Crippen molar-refractivity contribution >= 4 is 11.7 Å². The van der Waals surface area contributed by atoms with Crippen molar-refractivity contribution in [1.29, 1.82) is 5.41 Å². The van der Waals surface area contributed by atoms with Gasteiger partial charge in [0.2, 0.25) is 0 Å². The number of likely N-dealkylation sites (N-methyl/N-ethyl adjacent to an activating group) is 1. The number of amidine groups is 1. The molecule has 0 atom stereocenters. The first kappa shape index (κ1) is 12.4. The lowest BCUT2D eigenvalue weighted by Crippen LogP contribution is -2.30. The van der Waals surface area contributed by atoms with Crippen LogP contribution in [0.5, 0.6) is 0 Å². The molecule has 16 heavy (non-hydrogen) atoms. The summed E-state index contributed by atoms with van der Waals surface area (Å²) in [6.45, 7) is 4.07.